The summed E-state index contributed by atoms with van der Waals surface area (Å²) >= 11 is 0. The van der Waals surface area contributed by atoms with Crippen LogP contribution < -0.4 is 4.57 Å². The van der Waals surface area contributed by atoms with E-state index in [1.165, 1.54) is 97.4 Å². The third kappa shape index (κ3) is 4.81. The number of hydrogen-bond acceptors (Lipinski definition) is 0. The van der Waals surface area contributed by atoms with Crippen LogP contribution in [0.1, 0.15) is 114 Å². The number of hydrogen-bond donors (Lipinski definition) is 0. The summed E-state index contributed by atoms with van der Waals surface area (Å²) in [6, 6.07) is 14.2. The first-order valence-corrected chi connectivity index (χ1v) is 14.0. The van der Waals surface area contributed by atoms with E-state index in [1.54, 1.807) is 11.1 Å². The van der Waals surface area contributed by atoms with Crippen molar-refractivity contribution >= 4 is 10.8 Å². The van der Waals surface area contributed by atoms with Gasteiger partial charge < -0.3 is 0 Å². The van der Waals surface area contributed by atoms with Crippen molar-refractivity contribution in [1.82, 2.24) is 0 Å². The highest BCUT2D eigenvalue weighted by Gasteiger charge is 2.26. The van der Waals surface area contributed by atoms with E-state index in [4.69, 9.17) is 1.37 Å². The second-order valence-corrected chi connectivity index (χ2v) is 11.7. The first-order valence-electron chi connectivity index (χ1n) is 14.5. The fourth-order valence-corrected chi connectivity index (χ4v) is 6.80. The zero-order valence-corrected chi connectivity index (χ0v) is 21.9. The van der Waals surface area contributed by atoms with Gasteiger partial charge >= 0.3 is 0 Å². The molecule has 0 unspecified atom stereocenters. The van der Waals surface area contributed by atoms with Crippen molar-refractivity contribution in [2.75, 3.05) is 0 Å². The molecule has 34 heavy (non-hydrogen) atoms. The Balaban J connectivity index is 1.71. The first kappa shape index (κ1) is 22.3. The predicted octanol–water partition coefficient (Wildman–Crippen LogP) is 8.93. The lowest BCUT2D eigenvalue weighted by Crippen LogP contribution is -2.31. The van der Waals surface area contributed by atoms with E-state index < -0.39 is 0 Å². The van der Waals surface area contributed by atoms with Gasteiger partial charge in [0.1, 0.15) is 8.42 Å². The molecule has 0 spiro atoms. The molecule has 0 bridgehead atoms. The van der Waals surface area contributed by atoms with Gasteiger partial charge in [0.15, 0.2) is 6.17 Å². The van der Waals surface area contributed by atoms with Crippen LogP contribution in [-0.4, -0.2) is 0 Å². The average molecular weight is 456 g/mol. The van der Waals surface area contributed by atoms with Gasteiger partial charge in [-0.3, -0.25) is 0 Å². The van der Waals surface area contributed by atoms with Crippen LogP contribution in [0.2, 0.25) is 0 Å². The topological polar surface area (TPSA) is 3.88 Å². The molecule has 2 aromatic carbocycles. The Kier molecular flexibility index (Phi) is 6.71. The maximum atomic E-state index is 8.84. The summed E-state index contributed by atoms with van der Waals surface area (Å²) in [6.45, 7) is 6.92. The van der Waals surface area contributed by atoms with Crippen molar-refractivity contribution in [2.24, 2.45) is 13.0 Å². The maximum Gasteiger partial charge on any atom is 0.220 e. The second kappa shape index (κ2) is 10.2. The van der Waals surface area contributed by atoms with Crippen molar-refractivity contribution in [3.8, 4) is 11.3 Å². The van der Waals surface area contributed by atoms with Crippen LogP contribution in [0.15, 0.2) is 42.6 Å². The fraction of sp³-hybridized carbons (Fsp3) is 0.545. The second-order valence-electron chi connectivity index (χ2n) is 11.7. The van der Waals surface area contributed by atoms with Crippen molar-refractivity contribution < 1.29 is 5.94 Å². The van der Waals surface area contributed by atoms with E-state index in [0.717, 1.165) is 6.42 Å². The lowest BCUT2D eigenvalue weighted by Gasteiger charge is -2.28. The van der Waals surface area contributed by atoms with Crippen LogP contribution in [0.25, 0.3) is 22.0 Å². The van der Waals surface area contributed by atoms with E-state index in [0.29, 0.717) is 23.9 Å². The molecule has 1 aromatic heterocycles. The number of aromatic nitrogens is 1. The number of benzene rings is 2. The Bertz CT molecular complexity index is 1200. The zero-order valence-electron chi connectivity index (χ0n) is 22.9. The van der Waals surface area contributed by atoms with Crippen LogP contribution in [-0.2, 0) is 13.5 Å². The van der Waals surface area contributed by atoms with Gasteiger partial charge in [-0.1, -0.05) is 70.6 Å². The van der Waals surface area contributed by atoms with Crippen molar-refractivity contribution in [3.05, 3.63) is 64.8 Å². The van der Waals surface area contributed by atoms with Crippen LogP contribution in [0, 0.1) is 12.8 Å². The van der Waals surface area contributed by atoms with E-state index in [2.05, 4.69) is 68.8 Å². The number of pyridine rings is 1. The van der Waals surface area contributed by atoms with Gasteiger partial charge in [0.05, 0.1) is 10.9 Å². The van der Waals surface area contributed by atoms with Gasteiger partial charge in [0, 0.05) is 6.07 Å². The Morgan fingerprint density at radius 1 is 0.882 bits per heavy atom. The zero-order chi connectivity index (χ0) is 24.5. The molecule has 1 nitrogen and oxygen atoms in total. The van der Waals surface area contributed by atoms with Gasteiger partial charge in [-0.05, 0) is 96.6 Å². The SMILES string of the molecule is [2H]c1cc2cc(CC(C)C)ccc2c(-c2cc(C3CCCCC3)cc(C3CCCCC3)c2C)[n+]1C. The molecule has 0 saturated heterocycles. The molecule has 180 valence electrons. The standard InChI is InChI=1S/C33H44N/c1-23(2)19-25-15-16-30-28(20-25)17-18-34(4)33(30)32-22-29(26-11-7-5-8-12-26)21-31(24(32)3)27-13-9-6-10-14-27/h15-18,20-23,26-27H,5-14,19H2,1-4H3/q+1/i18D. The highest BCUT2D eigenvalue weighted by molar-refractivity contribution is 5.94. The smallest absolute Gasteiger partial charge is 0.200 e. The molecular formula is C33H44N+. The molecule has 0 aliphatic heterocycles. The van der Waals surface area contributed by atoms with Crippen molar-refractivity contribution in [3.63, 3.8) is 0 Å². The lowest BCUT2D eigenvalue weighted by molar-refractivity contribution is -0.659. The minimum atomic E-state index is 0.593. The summed E-state index contributed by atoms with van der Waals surface area (Å²) < 4.78 is 11.0. The highest BCUT2D eigenvalue weighted by Crippen LogP contribution is 2.42. The molecule has 0 amide bonds. The van der Waals surface area contributed by atoms with Gasteiger partial charge in [0.2, 0.25) is 5.69 Å². The number of nitrogens with zero attached hydrogens (tertiary/aromatic N) is 1. The largest absolute Gasteiger partial charge is 0.220 e. The van der Waals surface area contributed by atoms with Gasteiger partial charge in [-0.15, -0.1) is 0 Å². The predicted molar refractivity (Wildman–Crippen MR) is 145 cm³/mol. The summed E-state index contributed by atoms with van der Waals surface area (Å²) in [5, 5.41) is 2.50. The molecule has 3 aromatic rings. The van der Waals surface area contributed by atoms with Crippen LogP contribution in [0.5, 0.6) is 0 Å². The van der Waals surface area contributed by atoms with Crippen LogP contribution >= 0.6 is 0 Å². The van der Waals surface area contributed by atoms with E-state index in [-0.39, 0.29) is 0 Å². The quantitative estimate of drug-likeness (QED) is 0.338. The van der Waals surface area contributed by atoms with E-state index in [9.17, 15) is 0 Å². The minimum absolute atomic E-state index is 0.593. The Morgan fingerprint density at radius 3 is 2.24 bits per heavy atom. The summed E-state index contributed by atoms with van der Waals surface area (Å²) in [5.41, 5.74) is 8.59. The van der Waals surface area contributed by atoms with E-state index >= 15 is 0 Å². The molecule has 0 radical (unpaired) electrons. The first-order chi connectivity index (χ1) is 16.9. The molecule has 2 saturated carbocycles. The number of rotatable bonds is 5. The average Bonchev–Trinajstić information content (AvgIpc) is 2.86. The van der Waals surface area contributed by atoms with E-state index in [1.807, 2.05) is 0 Å². The van der Waals surface area contributed by atoms with Gasteiger partial charge in [-0.2, -0.15) is 0 Å². The van der Waals surface area contributed by atoms with Gasteiger partial charge in [-0.25, -0.2) is 4.57 Å². The monoisotopic (exact) mass is 455 g/mol. The molecule has 2 aliphatic rings. The van der Waals surface area contributed by atoms with Crippen molar-refractivity contribution in [2.45, 2.75) is 103 Å². The normalized spacial score (nSPS) is 18.6. The Hall–Kier alpha value is -2.15. The molecule has 5 rings (SSSR count). The van der Waals surface area contributed by atoms with Crippen LogP contribution in [0.3, 0.4) is 0 Å². The summed E-state index contributed by atoms with van der Waals surface area (Å²) in [7, 11) is 2.09. The molecular weight excluding hydrogens is 410 g/mol. The molecule has 0 atom stereocenters. The Morgan fingerprint density at radius 2 is 1.56 bits per heavy atom. The number of fused-ring (bicyclic) bond motifs is 1. The maximum absolute atomic E-state index is 8.84. The lowest BCUT2D eigenvalue weighted by atomic mass is 9.76. The minimum Gasteiger partial charge on any atom is -0.200 e. The summed E-state index contributed by atoms with van der Waals surface area (Å²) in [5.74, 6) is 2.02. The van der Waals surface area contributed by atoms with Gasteiger partial charge in [0.25, 0.3) is 0 Å². The highest BCUT2D eigenvalue weighted by atomic mass is 14.9. The summed E-state index contributed by atoms with van der Waals surface area (Å²) in [4.78, 5) is 0. The fourth-order valence-electron chi connectivity index (χ4n) is 6.80. The third-order valence-corrected chi connectivity index (χ3v) is 8.61. The molecule has 0 N–H and O–H groups in total. The third-order valence-electron chi connectivity index (χ3n) is 8.61. The van der Waals surface area contributed by atoms with Crippen molar-refractivity contribution in [1.29, 1.82) is 0 Å². The van der Waals surface area contributed by atoms with Crippen LogP contribution in [0.4, 0.5) is 0 Å². The molecule has 1 heterocycles. The molecule has 2 aliphatic carbocycles. The Labute approximate surface area is 209 Å². The molecule has 2 fully saturated rings. The summed E-state index contributed by atoms with van der Waals surface area (Å²) in [6.07, 6.45) is 15.2. The molecule has 1 heteroatoms.